The van der Waals surface area contributed by atoms with Gasteiger partial charge in [0.1, 0.15) is 4.21 Å². The predicted octanol–water partition coefficient (Wildman–Crippen LogP) is 2.06. The minimum atomic E-state index is -3.45. The molecule has 1 amide bonds. The standard InChI is InChI=1S/C12H17BrN2O3S2/c1-9-8-11(19-12(9)13)20(17,18)15-5-3-4-14(6-7-15)10(2)16/h8H,3-7H2,1-2H3. The van der Waals surface area contributed by atoms with Crippen molar-refractivity contribution in [3.05, 3.63) is 15.4 Å². The summed E-state index contributed by atoms with van der Waals surface area (Å²) in [6.07, 6.45) is 0.671. The molecule has 1 aromatic rings. The number of rotatable bonds is 2. The van der Waals surface area contributed by atoms with Crippen molar-refractivity contribution < 1.29 is 13.2 Å². The van der Waals surface area contributed by atoms with Crippen LogP contribution in [-0.2, 0) is 14.8 Å². The Morgan fingerprint density at radius 1 is 1.30 bits per heavy atom. The maximum absolute atomic E-state index is 12.6. The Morgan fingerprint density at radius 3 is 2.55 bits per heavy atom. The molecule has 1 aliphatic heterocycles. The number of hydrogen-bond donors (Lipinski definition) is 0. The molecule has 1 aliphatic rings. The van der Waals surface area contributed by atoms with Gasteiger partial charge in [-0.05, 0) is 40.9 Å². The molecule has 1 fully saturated rings. The first-order valence-electron chi connectivity index (χ1n) is 6.34. The molecule has 0 atom stereocenters. The fourth-order valence-electron chi connectivity index (χ4n) is 2.14. The average Bonchev–Trinajstić information content (AvgIpc) is 2.61. The average molecular weight is 381 g/mol. The van der Waals surface area contributed by atoms with Gasteiger partial charge < -0.3 is 4.90 Å². The van der Waals surface area contributed by atoms with Gasteiger partial charge in [-0.3, -0.25) is 4.79 Å². The number of carbonyl (C=O) groups excluding carboxylic acids is 1. The molecule has 1 aromatic heterocycles. The van der Waals surface area contributed by atoms with Gasteiger partial charge in [-0.1, -0.05) is 0 Å². The van der Waals surface area contributed by atoms with Crippen molar-refractivity contribution in [1.82, 2.24) is 9.21 Å². The van der Waals surface area contributed by atoms with Gasteiger partial charge in [0.25, 0.3) is 10.0 Å². The summed E-state index contributed by atoms with van der Waals surface area (Å²) in [5.41, 5.74) is 0.925. The highest BCUT2D eigenvalue weighted by molar-refractivity contribution is 9.11. The summed E-state index contributed by atoms with van der Waals surface area (Å²) in [7, 11) is -3.45. The molecule has 0 saturated carbocycles. The van der Waals surface area contributed by atoms with Gasteiger partial charge in [0.2, 0.25) is 5.91 Å². The SMILES string of the molecule is CC(=O)N1CCCN(S(=O)(=O)c2cc(C)c(Br)s2)CC1. The molecule has 0 unspecified atom stereocenters. The third-order valence-electron chi connectivity index (χ3n) is 3.33. The van der Waals surface area contributed by atoms with Gasteiger partial charge in [0.05, 0.1) is 3.79 Å². The first-order chi connectivity index (χ1) is 9.32. The number of amides is 1. The molecular weight excluding hydrogens is 364 g/mol. The Labute approximate surface area is 131 Å². The zero-order valence-electron chi connectivity index (χ0n) is 11.4. The number of thiophene rings is 1. The highest BCUT2D eigenvalue weighted by Crippen LogP contribution is 2.32. The summed E-state index contributed by atoms with van der Waals surface area (Å²) in [5.74, 6) is -0.000963. The van der Waals surface area contributed by atoms with E-state index in [9.17, 15) is 13.2 Å². The fourth-order valence-corrected chi connectivity index (χ4v) is 5.99. The summed E-state index contributed by atoms with van der Waals surface area (Å²) >= 11 is 4.59. The number of hydrogen-bond acceptors (Lipinski definition) is 4. The van der Waals surface area contributed by atoms with Crippen LogP contribution < -0.4 is 0 Å². The second-order valence-corrected chi connectivity index (χ2v) is 9.32. The number of aryl methyl sites for hydroxylation is 1. The lowest BCUT2D eigenvalue weighted by atomic mass is 10.4. The molecule has 0 bridgehead atoms. The minimum absolute atomic E-state index is 0.000963. The highest BCUT2D eigenvalue weighted by Gasteiger charge is 2.29. The van der Waals surface area contributed by atoms with E-state index < -0.39 is 10.0 Å². The lowest BCUT2D eigenvalue weighted by molar-refractivity contribution is -0.128. The van der Waals surface area contributed by atoms with Crippen LogP contribution in [0.3, 0.4) is 0 Å². The molecule has 20 heavy (non-hydrogen) atoms. The van der Waals surface area contributed by atoms with E-state index >= 15 is 0 Å². The normalized spacial score (nSPS) is 18.1. The number of nitrogens with zero attached hydrogens (tertiary/aromatic N) is 2. The summed E-state index contributed by atoms with van der Waals surface area (Å²) in [5, 5.41) is 0. The van der Waals surface area contributed by atoms with Gasteiger partial charge in [-0.15, -0.1) is 11.3 Å². The molecule has 1 saturated heterocycles. The van der Waals surface area contributed by atoms with Crippen molar-refractivity contribution in [3.63, 3.8) is 0 Å². The minimum Gasteiger partial charge on any atom is -0.342 e. The van der Waals surface area contributed by atoms with Crippen LogP contribution in [-0.4, -0.2) is 49.7 Å². The molecule has 0 aromatic carbocycles. The Balaban J connectivity index is 2.20. The Kier molecular flexibility index (Phi) is 4.88. The third kappa shape index (κ3) is 3.24. The summed E-state index contributed by atoms with van der Waals surface area (Å²) in [6.45, 7) is 5.29. The zero-order chi connectivity index (χ0) is 14.9. The predicted molar refractivity (Wildman–Crippen MR) is 82.4 cm³/mol. The largest absolute Gasteiger partial charge is 0.342 e. The van der Waals surface area contributed by atoms with Crippen molar-refractivity contribution in [1.29, 1.82) is 0 Å². The Morgan fingerprint density at radius 2 is 2.00 bits per heavy atom. The third-order valence-corrected chi connectivity index (χ3v) is 7.81. The van der Waals surface area contributed by atoms with Crippen LogP contribution in [0.25, 0.3) is 0 Å². The molecule has 0 aliphatic carbocycles. The molecule has 0 radical (unpaired) electrons. The maximum atomic E-state index is 12.6. The molecule has 2 heterocycles. The second kappa shape index (κ2) is 6.13. The highest BCUT2D eigenvalue weighted by atomic mass is 79.9. The van der Waals surface area contributed by atoms with E-state index in [0.29, 0.717) is 36.8 Å². The molecular formula is C12H17BrN2O3S2. The first-order valence-corrected chi connectivity index (χ1v) is 9.39. The van der Waals surface area contributed by atoms with Crippen LogP contribution in [0.15, 0.2) is 14.1 Å². The van der Waals surface area contributed by atoms with Gasteiger partial charge in [0, 0.05) is 33.1 Å². The molecule has 112 valence electrons. The first kappa shape index (κ1) is 15.9. The van der Waals surface area contributed by atoms with Crippen LogP contribution in [0.1, 0.15) is 18.9 Å². The van der Waals surface area contributed by atoms with Gasteiger partial charge in [-0.25, -0.2) is 8.42 Å². The number of carbonyl (C=O) groups is 1. The van der Waals surface area contributed by atoms with Gasteiger partial charge in [0.15, 0.2) is 0 Å². The summed E-state index contributed by atoms with van der Waals surface area (Å²) in [6, 6.07) is 1.69. The van der Waals surface area contributed by atoms with Crippen molar-refractivity contribution in [3.8, 4) is 0 Å². The van der Waals surface area contributed by atoms with Crippen molar-refractivity contribution in [2.24, 2.45) is 0 Å². The van der Waals surface area contributed by atoms with E-state index in [-0.39, 0.29) is 5.91 Å². The van der Waals surface area contributed by atoms with Crippen molar-refractivity contribution in [2.75, 3.05) is 26.2 Å². The van der Waals surface area contributed by atoms with E-state index in [1.165, 1.54) is 22.6 Å². The van der Waals surface area contributed by atoms with E-state index in [1.807, 2.05) is 6.92 Å². The van der Waals surface area contributed by atoms with Crippen LogP contribution >= 0.6 is 27.3 Å². The van der Waals surface area contributed by atoms with E-state index in [1.54, 1.807) is 11.0 Å². The van der Waals surface area contributed by atoms with Crippen LogP contribution in [0.2, 0.25) is 0 Å². The van der Waals surface area contributed by atoms with Crippen molar-refractivity contribution in [2.45, 2.75) is 24.5 Å². The molecule has 0 N–H and O–H groups in total. The topological polar surface area (TPSA) is 57.7 Å². The van der Waals surface area contributed by atoms with E-state index in [0.717, 1.165) is 9.35 Å². The van der Waals surface area contributed by atoms with Crippen LogP contribution in [0.5, 0.6) is 0 Å². The van der Waals surface area contributed by atoms with Gasteiger partial charge >= 0.3 is 0 Å². The molecule has 2 rings (SSSR count). The van der Waals surface area contributed by atoms with E-state index in [2.05, 4.69) is 15.9 Å². The summed E-state index contributed by atoms with van der Waals surface area (Å²) < 4.78 is 27.9. The summed E-state index contributed by atoms with van der Waals surface area (Å²) in [4.78, 5) is 13.1. The number of halogens is 1. The monoisotopic (exact) mass is 380 g/mol. The maximum Gasteiger partial charge on any atom is 0.252 e. The Bertz CT molecular complexity index is 593. The smallest absolute Gasteiger partial charge is 0.252 e. The second-order valence-electron chi connectivity index (χ2n) is 4.79. The molecule has 8 heteroatoms. The lowest BCUT2D eigenvalue weighted by Crippen LogP contribution is -2.36. The van der Waals surface area contributed by atoms with Crippen LogP contribution in [0.4, 0.5) is 0 Å². The van der Waals surface area contributed by atoms with Crippen LogP contribution in [0, 0.1) is 6.92 Å². The Hall–Kier alpha value is -0.440. The van der Waals surface area contributed by atoms with Crippen molar-refractivity contribution >= 4 is 43.2 Å². The number of sulfonamides is 1. The van der Waals surface area contributed by atoms with E-state index in [4.69, 9.17) is 0 Å². The molecule has 5 nitrogen and oxygen atoms in total. The van der Waals surface area contributed by atoms with Gasteiger partial charge in [-0.2, -0.15) is 4.31 Å². The zero-order valence-corrected chi connectivity index (χ0v) is 14.6. The quantitative estimate of drug-likeness (QED) is 0.788. The lowest BCUT2D eigenvalue weighted by Gasteiger charge is -2.20. The molecule has 0 spiro atoms. The fraction of sp³-hybridized carbons (Fsp3) is 0.583.